The molecule has 0 saturated carbocycles. The van der Waals surface area contributed by atoms with Crippen molar-refractivity contribution >= 4 is 0 Å². The molecule has 0 unspecified atom stereocenters. The maximum Gasteiger partial charge on any atom is 0.322 e. The van der Waals surface area contributed by atoms with Crippen molar-refractivity contribution in [2.24, 2.45) is 0 Å². The lowest BCUT2D eigenvalue weighted by Crippen LogP contribution is -2.15. The molecule has 2 aromatic rings. The topological polar surface area (TPSA) is 59.9 Å². The highest BCUT2D eigenvalue weighted by Gasteiger charge is 2.05. The number of ether oxygens (including phenoxy) is 1. The summed E-state index contributed by atoms with van der Waals surface area (Å²) in [5.41, 5.74) is 2.02. The van der Waals surface area contributed by atoms with Crippen molar-refractivity contribution in [3.8, 4) is 11.8 Å². The summed E-state index contributed by atoms with van der Waals surface area (Å²) in [5.74, 6) is 0.638. The Hall–Kier alpha value is -2.01. The summed E-state index contributed by atoms with van der Waals surface area (Å²) >= 11 is 0. The fourth-order valence-electron chi connectivity index (χ4n) is 1.61. The van der Waals surface area contributed by atoms with Crippen LogP contribution < -0.4 is 10.1 Å². The minimum absolute atomic E-state index is 0.352. The van der Waals surface area contributed by atoms with Crippen LogP contribution in [0.25, 0.3) is 0 Å². The lowest BCUT2D eigenvalue weighted by Gasteiger charge is -2.08. The molecule has 0 fully saturated rings. The molecule has 5 heteroatoms. The zero-order valence-electron chi connectivity index (χ0n) is 11.3. The summed E-state index contributed by atoms with van der Waals surface area (Å²) in [6.45, 7) is 5.88. The second kappa shape index (κ2) is 6.80. The van der Waals surface area contributed by atoms with Gasteiger partial charge in [-0.2, -0.15) is 4.98 Å². The van der Waals surface area contributed by atoms with Crippen LogP contribution in [-0.4, -0.2) is 21.5 Å². The number of nitrogens with one attached hydrogen (secondary N) is 1. The van der Waals surface area contributed by atoms with Gasteiger partial charge in [0.15, 0.2) is 0 Å². The molecule has 0 aliphatic carbocycles. The van der Waals surface area contributed by atoms with Crippen LogP contribution in [0.3, 0.4) is 0 Å². The first-order chi connectivity index (χ1) is 9.29. The van der Waals surface area contributed by atoms with E-state index in [-0.39, 0.29) is 0 Å². The van der Waals surface area contributed by atoms with Crippen LogP contribution in [-0.2, 0) is 6.54 Å². The second-order valence-corrected chi connectivity index (χ2v) is 4.23. The van der Waals surface area contributed by atoms with Crippen molar-refractivity contribution < 1.29 is 4.74 Å². The molecule has 0 aromatic carbocycles. The smallest absolute Gasteiger partial charge is 0.322 e. The molecule has 19 heavy (non-hydrogen) atoms. The maximum absolute atomic E-state index is 5.53. The zero-order valence-corrected chi connectivity index (χ0v) is 11.3. The molecule has 0 saturated heterocycles. The first-order valence-electron chi connectivity index (χ1n) is 6.40. The number of hydrogen-bond donors (Lipinski definition) is 1. The van der Waals surface area contributed by atoms with E-state index >= 15 is 0 Å². The number of aromatic nitrogens is 3. The molecule has 2 aromatic heterocycles. The van der Waals surface area contributed by atoms with Crippen molar-refractivity contribution in [1.82, 2.24) is 20.3 Å². The van der Waals surface area contributed by atoms with Gasteiger partial charge in [0.25, 0.3) is 0 Å². The van der Waals surface area contributed by atoms with Gasteiger partial charge >= 0.3 is 6.01 Å². The summed E-state index contributed by atoms with van der Waals surface area (Å²) in [7, 11) is 0. The van der Waals surface area contributed by atoms with Gasteiger partial charge < -0.3 is 10.1 Å². The van der Waals surface area contributed by atoms with E-state index in [9.17, 15) is 0 Å². The largest absolute Gasteiger partial charge is 0.423 e. The molecule has 0 bridgehead atoms. The van der Waals surface area contributed by atoms with E-state index in [1.165, 1.54) is 0 Å². The summed E-state index contributed by atoms with van der Waals surface area (Å²) in [5, 5.41) is 3.33. The quantitative estimate of drug-likeness (QED) is 0.806. The SMILES string of the molecule is CCCNCc1cnc(Oc2cccnc2)nc1C. The van der Waals surface area contributed by atoms with Crippen molar-refractivity contribution in [3.05, 3.63) is 42.0 Å². The Morgan fingerprint density at radius 1 is 1.32 bits per heavy atom. The Morgan fingerprint density at radius 3 is 2.89 bits per heavy atom. The van der Waals surface area contributed by atoms with Crippen LogP contribution in [0.15, 0.2) is 30.7 Å². The van der Waals surface area contributed by atoms with Gasteiger partial charge in [-0.3, -0.25) is 4.98 Å². The standard InChI is InChI=1S/C14H18N4O/c1-3-6-15-8-12-9-17-14(18-11(12)2)19-13-5-4-7-16-10-13/h4-5,7,9-10,15H,3,6,8H2,1-2H3. The zero-order chi connectivity index (χ0) is 13.5. The first kappa shape index (κ1) is 13.4. The van der Waals surface area contributed by atoms with Gasteiger partial charge in [0.2, 0.25) is 0 Å². The first-order valence-corrected chi connectivity index (χ1v) is 6.40. The van der Waals surface area contributed by atoms with E-state index in [2.05, 4.69) is 27.2 Å². The third-order valence-corrected chi connectivity index (χ3v) is 2.64. The van der Waals surface area contributed by atoms with Gasteiger partial charge in [0, 0.05) is 30.2 Å². The van der Waals surface area contributed by atoms with E-state index < -0.39 is 0 Å². The lowest BCUT2D eigenvalue weighted by atomic mass is 10.2. The lowest BCUT2D eigenvalue weighted by molar-refractivity contribution is 0.437. The van der Waals surface area contributed by atoms with Crippen LogP contribution in [0.4, 0.5) is 0 Å². The molecule has 0 aliphatic rings. The molecule has 5 nitrogen and oxygen atoms in total. The monoisotopic (exact) mass is 258 g/mol. The average Bonchev–Trinajstić information content (AvgIpc) is 2.43. The Morgan fingerprint density at radius 2 is 2.21 bits per heavy atom. The normalized spacial score (nSPS) is 10.4. The van der Waals surface area contributed by atoms with E-state index in [0.29, 0.717) is 11.8 Å². The molecular formula is C14H18N4O. The number of hydrogen-bond acceptors (Lipinski definition) is 5. The molecule has 0 aliphatic heterocycles. The molecule has 2 heterocycles. The number of rotatable bonds is 6. The average molecular weight is 258 g/mol. The fraction of sp³-hybridized carbons (Fsp3) is 0.357. The predicted octanol–water partition coefficient (Wildman–Crippen LogP) is 2.47. The van der Waals surface area contributed by atoms with Crippen LogP contribution in [0.5, 0.6) is 11.8 Å². The number of nitrogens with zero attached hydrogens (tertiary/aromatic N) is 3. The highest BCUT2D eigenvalue weighted by molar-refractivity contribution is 5.22. The predicted molar refractivity (Wildman–Crippen MR) is 73.1 cm³/mol. The van der Waals surface area contributed by atoms with Gasteiger partial charge in [-0.15, -0.1) is 0 Å². The van der Waals surface area contributed by atoms with Gasteiger partial charge in [-0.05, 0) is 32.0 Å². The van der Waals surface area contributed by atoms with E-state index in [1.807, 2.05) is 19.1 Å². The molecule has 2 rings (SSSR count). The van der Waals surface area contributed by atoms with Gasteiger partial charge in [-0.25, -0.2) is 4.98 Å². The third kappa shape index (κ3) is 3.99. The summed E-state index contributed by atoms with van der Waals surface area (Å²) < 4.78 is 5.53. The number of pyridine rings is 1. The Balaban J connectivity index is 2.02. The Bertz CT molecular complexity index is 516. The molecule has 1 N–H and O–H groups in total. The van der Waals surface area contributed by atoms with Crippen molar-refractivity contribution in [1.29, 1.82) is 0 Å². The van der Waals surface area contributed by atoms with Crippen LogP contribution in [0.2, 0.25) is 0 Å². The minimum atomic E-state index is 0.352. The van der Waals surface area contributed by atoms with Gasteiger partial charge in [0.1, 0.15) is 5.75 Å². The van der Waals surface area contributed by atoms with Crippen LogP contribution in [0.1, 0.15) is 24.6 Å². The van der Waals surface area contributed by atoms with E-state index in [0.717, 1.165) is 30.8 Å². The summed E-state index contributed by atoms with van der Waals surface area (Å²) in [4.78, 5) is 12.5. The highest BCUT2D eigenvalue weighted by atomic mass is 16.5. The number of aryl methyl sites for hydroxylation is 1. The van der Waals surface area contributed by atoms with Gasteiger partial charge in [0.05, 0.1) is 6.20 Å². The van der Waals surface area contributed by atoms with Crippen molar-refractivity contribution in [3.63, 3.8) is 0 Å². The Kier molecular flexibility index (Phi) is 4.80. The van der Waals surface area contributed by atoms with E-state index in [4.69, 9.17) is 4.74 Å². The minimum Gasteiger partial charge on any atom is -0.423 e. The Labute approximate surface area is 113 Å². The molecule has 0 amide bonds. The summed E-state index contributed by atoms with van der Waals surface area (Å²) in [6.07, 6.45) is 6.25. The van der Waals surface area contributed by atoms with E-state index in [1.54, 1.807) is 18.6 Å². The van der Waals surface area contributed by atoms with Crippen LogP contribution in [0, 0.1) is 6.92 Å². The van der Waals surface area contributed by atoms with Crippen LogP contribution >= 0.6 is 0 Å². The highest BCUT2D eigenvalue weighted by Crippen LogP contribution is 2.16. The van der Waals surface area contributed by atoms with Crippen molar-refractivity contribution in [2.45, 2.75) is 26.8 Å². The molecule has 100 valence electrons. The second-order valence-electron chi connectivity index (χ2n) is 4.23. The molecule has 0 spiro atoms. The molecule has 0 radical (unpaired) electrons. The third-order valence-electron chi connectivity index (χ3n) is 2.64. The fourth-order valence-corrected chi connectivity index (χ4v) is 1.61. The maximum atomic E-state index is 5.53. The molecule has 0 atom stereocenters. The summed E-state index contributed by atoms with van der Waals surface area (Å²) in [6, 6.07) is 3.98. The van der Waals surface area contributed by atoms with Crippen molar-refractivity contribution in [2.75, 3.05) is 6.54 Å². The van der Waals surface area contributed by atoms with Gasteiger partial charge in [-0.1, -0.05) is 6.92 Å². The molecular weight excluding hydrogens is 240 g/mol.